The standard InChI is InChI=1S/C15H22N4/c1-11(2)19-12(3)17-14-10-13(4-5-15(14)19)18-8-6-16-7-9-18/h4-5,10-11,16H,6-9H2,1-3H3. The highest BCUT2D eigenvalue weighted by atomic mass is 15.2. The quantitative estimate of drug-likeness (QED) is 0.897. The first-order valence-electron chi connectivity index (χ1n) is 7.11. The summed E-state index contributed by atoms with van der Waals surface area (Å²) in [6, 6.07) is 7.13. The molecule has 0 unspecified atom stereocenters. The van der Waals surface area contributed by atoms with Gasteiger partial charge in [0.25, 0.3) is 0 Å². The fraction of sp³-hybridized carbons (Fsp3) is 0.533. The largest absolute Gasteiger partial charge is 0.369 e. The van der Waals surface area contributed by atoms with Crippen molar-refractivity contribution in [3.8, 4) is 0 Å². The summed E-state index contributed by atoms with van der Waals surface area (Å²) in [5, 5.41) is 3.39. The lowest BCUT2D eigenvalue weighted by atomic mass is 10.2. The van der Waals surface area contributed by atoms with E-state index < -0.39 is 0 Å². The van der Waals surface area contributed by atoms with E-state index in [0.717, 1.165) is 37.5 Å². The molecule has 2 heterocycles. The summed E-state index contributed by atoms with van der Waals surface area (Å²) >= 11 is 0. The minimum Gasteiger partial charge on any atom is -0.369 e. The van der Waals surface area contributed by atoms with Crippen LogP contribution in [0, 0.1) is 6.92 Å². The van der Waals surface area contributed by atoms with Crippen molar-refractivity contribution in [2.75, 3.05) is 31.1 Å². The van der Waals surface area contributed by atoms with Gasteiger partial charge in [0.15, 0.2) is 0 Å². The Labute approximate surface area is 114 Å². The molecule has 4 nitrogen and oxygen atoms in total. The van der Waals surface area contributed by atoms with Crippen LogP contribution in [-0.2, 0) is 0 Å². The number of benzene rings is 1. The monoisotopic (exact) mass is 258 g/mol. The highest BCUT2D eigenvalue weighted by Gasteiger charge is 2.14. The maximum atomic E-state index is 4.71. The van der Waals surface area contributed by atoms with Gasteiger partial charge in [0, 0.05) is 37.9 Å². The van der Waals surface area contributed by atoms with Crippen LogP contribution < -0.4 is 10.2 Å². The third kappa shape index (κ3) is 2.21. The van der Waals surface area contributed by atoms with Crippen LogP contribution in [0.3, 0.4) is 0 Å². The van der Waals surface area contributed by atoms with E-state index in [1.54, 1.807) is 0 Å². The molecule has 0 spiro atoms. The van der Waals surface area contributed by atoms with E-state index in [-0.39, 0.29) is 0 Å². The average Bonchev–Trinajstić information content (AvgIpc) is 2.74. The molecule has 1 aliphatic rings. The number of anilines is 1. The molecule has 2 aromatic rings. The van der Waals surface area contributed by atoms with Crippen LogP contribution >= 0.6 is 0 Å². The van der Waals surface area contributed by atoms with Gasteiger partial charge in [0.1, 0.15) is 5.82 Å². The van der Waals surface area contributed by atoms with Crippen LogP contribution in [0.2, 0.25) is 0 Å². The molecule has 1 fully saturated rings. The normalized spacial score (nSPS) is 16.5. The summed E-state index contributed by atoms with van der Waals surface area (Å²) in [6.07, 6.45) is 0. The van der Waals surface area contributed by atoms with E-state index in [1.807, 2.05) is 0 Å². The number of fused-ring (bicyclic) bond motifs is 1. The van der Waals surface area contributed by atoms with Crippen LogP contribution in [0.1, 0.15) is 25.7 Å². The molecule has 1 aromatic carbocycles. The molecule has 102 valence electrons. The van der Waals surface area contributed by atoms with Crippen molar-refractivity contribution in [1.29, 1.82) is 0 Å². The Morgan fingerprint density at radius 3 is 2.63 bits per heavy atom. The van der Waals surface area contributed by atoms with Crippen molar-refractivity contribution in [3.63, 3.8) is 0 Å². The van der Waals surface area contributed by atoms with Gasteiger partial charge < -0.3 is 14.8 Å². The lowest BCUT2D eigenvalue weighted by molar-refractivity contribution is 0.589. The number of rotatable bonds is 2. The first kappa shape index (κ1) is 12.5. The van der Waals surface area contributed by atoms with Gasteiger partial charge in [0.2, 0.25) is 0 Å². The number of imidazole rings is 1. The molecule has 3 rings (SSSR count). The lowest BCUT2D eigenvalue weighted by Gasteiger charge is -2.29. The second-order valence-corrected chi connectivity index (χ2v) is 5.53. The molecule has 1 aliphatic heterocycles. The van der Waals surface area contributed by atoms with Crippen LogP contribution in [0.15, 0.2) is 18.2 Å². The van der Waals surface area contributed by atoms with Gasteiger partial charge in [-0.3, -0.25) is 0 Å². The van der Waals surface area contributed by atoms with E-state index in [9.17, 15) is 0 Å². The fourth-order valence-corrected chi connectivity index (χ4v) is 2.98. The maximum Gasteiger partial charge on any atom is 0.106 e. The number of hydrogen-bond donors (Lipinski definition) is 1. The highest BCUT2D eigenvalue weighted by Crippen LogP contribution is 2.25. The highest BCUT2D eigenvalue weighted by molar-refractivity contribution is 5.80. The van der Waals surface area contributed by atoms with E-state index in [4.69, 9.17) is 4.98 Å². The molecule has 0 amide bonds. The maximum absolute atomic E-state index is 4.71. The van der Waals surface area contributed by atoms with Gasteiger partial charge in [-0.2, -0.15) is 0 Å². The van der Waals surface area contributed by atoms with E-state index in [1.165, 1.54) is 11.2 Å². The molecule has 1 saturated heterocycles. The van der Waals surface area contributed by atoms with Gasteiger partial charge in [-0.1, -0.05) is 0 Å². The summed E-state index contributed by atoms with van der Waals surface area (Å²) in [5.74, 6) is 1.10. The van der Waals surface area contributed by atoms with Crippen molar-refractivity contribution in [2.24, 2.45) is 0 Å². The summed E-state index contributed by atoms with van der Waals surface area (Å²) in [5.41, 5.74) is 3.65. The van der Waals surface area contributed by atoms with Gasteiger partial charge in [-0.05, 0) is 39.0 Å². The molecule has 19 heavy (non-hydrogen) atoms. The number of aryl methyl sites for hydroxylation is 1. The molecule has 1 aromatic heterocycles. The molecule has 0 saturated carbocycles. The number of nitrogens with one attached hydrogen (secondary N) is 1. The Bertz CT molecular complexity index is 579. The number of aromatic nitrogens is 2. The Hall–Kier alpha value is -1.55. The van der Waals surface area contributed by atoms with Crippen LogP contribution in [0.5, 0.6) is 0 Å². The van der Waals surface area contributed by atoms with Gasteiger partial charge >= 0.3 is 0 Å². The van der Waals surface area contributed by atoms with E-state index >= 15 is 0 Å². The Balaban J connectivity index is 2.02. The number of hydrogen-bond acceptors (Lipinski definition) is 3. The summed E-state index contributed by atoms with van der Waals surface area (Å²) in [4.78, 5) is 7.14. The van der Waals surface area contributed by atoms with Gasteiger partial charge in [0.05, 0.1) is 11.0 Å². The molecule has 1 N–H and O–H groups in total. The Morgan fingerprint density at radius 1 is 1.21 bits per heavy atom. The second-order valence-electron chi connectivity index (χ2n) is 5.53. The predicted octanol–water partition coefficient (Wildman–Crippen LogP) is 2.34. The second kappa shape index (κ2) is 4.85. The zero-order valence-electron chi connectivity index (χ0n) is 12.0. The van der Waals surface area contributed by atoms with Crippen molar-refractivity contribution in [3.05, 3.63) is 24.0 Å². The van der Waals surface area contributed by atoms with E-state index in [2.05, 4.69) is 53.8 Å². The van der Waals surface area contributed by atoms with E-state index in [0.29, 0.717) is 6.04 Å². The van der Waals surface area contributed by atoms with Crippen molar-refractivity contribution in [1.82, 2.24) is 14.9 Å². The minimum atomic E-state index is 0.454. The average molecular weight is 258 g/mol. The predicted molar refractivity (Wildman–Crippen MR) is 79.9 cm³/mol. The summed E-state index contributed by atoms with van der Waals surface area (Å²) in [6.45, 7) is 10.8. The van der Waals surface area contributed by atoms with Crippen LogP contribution in [-0.4, -0.2) is 35.7 Å². The molecular weight excluding hydrogens is 236 g/mol. The Kier molecular flexibility index (Phi) is 3.19. The first-order chi connectivity index (χ1) is 9.16. The minimum absolute atomic E-state index is 0.454. The smallest absolute Gasteiger partial charge is 0.106 e. The van der Waals surface area contributed by atoms with Crippen LogP contribution in [0.4, 0.5) is 5.69 Å². The number of nitrogens with zero attached hydrogens (tertiary/aromatic N) is 3. The van der Waals surface area contributed by atoms with Gasteiger partial charge in [-0.15, -0.1) is 0 Å². The SMILES string of the molecule is Cc1nc2cc(N3CCNCC3)ccc2n1C(C)C. The molecular formula is C15H22N4. The van der Waals surface area contributed by atoms with Crippen molar-refractivity contribution >= 4 is 16.7 Å². The molecule has 0 radical (unpaired) electrons. The number of piperazine rings is 1. The zero-order valence-corrected chi connectivity index (χ0v) is 12.0. The molecule has 0 aliphatic carbocycles. The summed E-state index contributed by atoms with van der Waals surface area (Å²) < 4.78 is 2.30. The zero-order chi connectivity index (χ0) is 13.4. The molecule has 0 bridgehead atoms. The molecule has 0 atom stereocenters. The first-order valence-corrected chi connectivity index (χ1v) is 7.11. The third-order valence-corrected chi connectivity index (χ3v) is 3.85. The van der Waals surface area contributed by atoms with Crippen LogP contribution in [0.25, 0.3) is 11.0 Å². The fourth-order valence-electron chi connectivity index (χ4n) is 2.98. The molecule has 4 heteroatoms. The summed E-state index contributed by atoms with van der Waals surface area (Å²) in [7, 11) is 0. The van der Waals surface area contributed by atoms with Crippen molar-refractivity contribution in [2.45, 2.75) is 26.8 Å². The third-order valence-electron chi connectivity index (χ3n) is 3.85. The van der Waals surface area contributed by atoms with Gasteiger partial charge in [-0.25, -0.2) is 4.98 Å². The Morgan fingerprint density at radius 2 is 1.95 bits per heavy atom. The lowest BCUT2D eigenvalue weighted by Crippen LogP contribution is -2.43. The van der Waals surface area contributed by atoms with Crippen molar-refractivity contribution < 1.29 is 0 Å². The topological polar surface area (TPSA) is 33.1 Å².